The number of benzene rings is 2. The maximum absolute atomic E-state index is 12.4. The molecule has 10 nitrogen and oxygen atoms in total. The topological polar surface area (TPSA) is 136 Å². The lowest BCUT2D eigenvalue weighted by Crippen LogP contribution is -2.13. The number of ketones is 1. The van der Waals surface area contributed by atoms with Gasteiger partial charge < -0.3 is 31.2 Å². The Morgan fingerprint density at radius 1 is 0.775 bits per heavy atom. The van der Waals surface area contributed by atoms with Crippen LogP contribution in [0.1, 0.15) is 43.7 Å². The van der Waals surface area contributed by atoms with Crippen LogP contribution in [0.15, 0.2) is 54.6 Å². The monoisotopic (exact) mass is 549 g/mol. The molecule has 0 saturated carbocycles. The molecule has 5 N–H and O–H groups in total. The fourth-order valence-electron chi connectivity index (χ4n) is 3.86. The van der Waals surface area contributed by atoms with Crippen molar-refractivity contribution in [2.75, 3.05) is 62.0 Å². The van der Waals surface area contributed by atoms with E-state index in [0.29, 0.717) is 76.6 Å². The van der Waals surface area contributed by atoms with Crippen molar-refractivity contribution in [3.8, 4) is 0 Å². The largest absolute Gasteiger partial charge is 0.379 e. The summed E-state index contributed by atoms with van der Waals surface area (Å²) < 4.78 is 10.7. The third-order valence-corrected chi connectivity index (χ3v) is 5.98. The van der Waals surface area contributed by atoms with Gasteiger partial charge in [0, 0.05) is 44.8 Å². The summed E-state index contributed by atoms with van der Waals surface area (Å²) in [6.45, 7) is 6.29. The number of nitrogens with zero attached hydrogens (tertiary/aromatic N) is 3. The van der Waals surface area contributed by atoms with Crippen LogP contribution >= 0.6 is 0 Å². The lowest BCUT2D eigenvalue weighted by molar-refractivity contribution is -0.118. The van der Waals surface area contributed by atoms with Crippen molar-refractivity contribution in [3.05, 3.63) is 65.7 Å². The van der Waals surface area contributed by atoms with Gasteiger partial charge in [0.2, 0.25) is 17.8 Å². The molecular weight excluding hydrogens is 506 g/mol. The molecule has 10 heteroatoms. The highest BCUT2D eigenvalue weighted by Crippen LogP contribution is 2.18. The van der Waals surface area contributed by atoms with Gasteiger partial charge in [-0.3, -0.25) is 4.79 Å². The first-order valence-corrected chi connectivity index (χ1v) is 14.2. The average Bonchev–Trinajstić information content (AvgIpc) is 2.96. The molecule has 3 aromatic rings. The van der Waals surface area contributed by atoms with Gasteiger partial charge in [-0.2, -0.15) is 15.0 Å². The molecule has 1 heterocycles. The molecule has 0 aliphatic carbocycles. The summed E-state index contributed by atoms with van der Waals surface area (Å²) in [6.07, 6.45) is 4.56. The van der Waals surface area contributed by atoms with E-state index >= 15 is 0 Å². The number of nitrogens with two attached hydrogens (primary N) is 1. The second-order valence-corrected chi connectivity index (χ2v) is 9.40. The van der Waals surface area contributed by atoms with Gasteiger partial charge in [-0.15, -0.1) is 0 Å². The molecule has 1 aromatic heterocycles. The van der Waals surface area contributed by atoms with Gasteiger partial charge >= 0.3 is 0 Å². The fraction of sp³-hybridized carbons (Fsp3) is 0.467. The highest BCUT2D eigenvalue weighted by Gasteiger charge is 2.09. The number of carbonyl (C=O) groups is 1. The van der Waals surface area contributed by atoms with Crippen LogP contribution in [-0.4, -0.2) is 66.8 Å². The molecule has 0 fully saturated rings. The average molecular weight is 550 g/mol. The quantitative estimate of drug-likeness (QED) is 0.142. The third-order valence-electron chi connectivity index (χ3n) is 5.98. The van der Waals surface area contributed by atoms with Gasteiger partial charge in [0.25, 0.3) is 0 Å². The first kappa shape index (κ1) is 30.9. The minimum Gasteiger partial charge on any atom is -0.379 e. The van der Waals surface area contributed by atoms with Gasteiger partial charge in [-0.25, -0.2) is 0 Å². The third kappa shape index (κ3) is 12.5. The van der Waals surface area contributed by atoms with Crippen molar-refractivity contribution in [2.24, 2.45) is 5.73 Å². The molecule has 0 bridgehead atoms. The van der Waals surface area contributed by atoms with Crippen molar-refractivity contribution in [1.82, 2.24) is 15.0 Å². The van der Waals surface area contributed by atoms with Crippen LogP contribution in [0.2, 0.25) is 0 Å². The van der Waals surface area contributed by atoms with Crippen molar-refractivity contribution in [3.63, 3.8) is 0 Å². The van der Waals surface area contributed by atoms with Crippen LogP contribution in [0.4, 0.5) is 23.5 Å². The normalized spacial score (nSPS) is 10.8. The number of hydrogen-bond donors (Lipinski definition) is 4. The van der Waals surface area contributed by atoms with Gasteiger partial charge in [-0.05, 0) is 42.5 Å². The maximum atomic E-state index is 12.4. The number of unbranched alkanes of at least 4 members (excludes halogenated alkanes) is 1. The van der Waals surface area contributed by atoms with Crippen LogP contribution in [0.25, 0.3) is 0 Å². The highest BCUT2D eigenvalue weighted by atomic mass is 16.5. The number of nitrogens with one attached hydrogen (secondary N) is 3. The standard InChI is InChI=1S/C30H43N7O3/c1-2-3-17-32-28-35-29(33-18-15-24-8-5-4-6-9-24)37-30(36-28)34-26-13-11-25(12-14-26)23-27(38)10-7-19-39-21-22-40-20-16-31/h4-6,8-9,11-14H,2-3,7,10,15-23,31H2,1H3,(H3,32,33,34,35,36,37). The summed E-state index contributed by atoms with van der Waals surface area (Å²) in [5, 5.41) is 9.87. The Kier molecular flexibility index (Phi) is 14.4. The molecule has 0 atom stereocenters. The van der Waals surface area contributed by atoms with Crippen LogP contribution in [-0.2, 0) is 27.1 Å². The molecule has 0 aliphatic rings. The van der Waals surface area contributed by atoms with Crippen LogP contribution in [0, 0.1) is 0 Å². The Labute approximate surface area is 237 Å². The number of anilines is 4. The molecule has 2 aromatic carbocycles. The Bertz CT molecular complexity index is 1110. The zero-order valence-corrected chi connectivity index (χ0v) is 23.5. The van der Waals surface area contributed by atoms with E-state index in [2.05, 4.69) is 50.0 Å². The molecule has 0 aliphatic heterocycles. The van der Waals surface area contributed by atoms with Crippen LogP contribution in [0.3, 0.4) is 0 Å². The first-order valence-electron chi connectivity index (χ1n) is 14.2. The van der Waals surface area contributed by atoms with Crippen molar-refractivity contribution >= 4 is 29.3 Å². The Hall–Kier alpha value is -3.60. The number of aromatic nitrogens is 3. The molecule has 40 heavy (non-hydrogen) atoms. The van der Waals surface area contributed by atoms with Crippen LogP contribution < -0.4 is 21.7 Å². The Morgan fingerprint density at radius 2 is 1.45 bits per heavy atom. The lowest BCUT2D eigenvalue weighted by Gasteiger charge is -2.12. The van der Waals surface area contributed by atoms with E-state index in [1.807, 2.05) is 42.5 Å². The Morgan fingerprint density at radius 3 is 2.15 bits per heavy atom. The summed E-state index contributed by atoms with van der Waals surface area (Å²) >= 11 is 0. The van der Waals surface area contributed by atoms with E-state index < -0.39 is 0 Å². The minimum atomic E-state index is 0.190. The predicted octanol–water partition coefficient (Wildman–Crippen LogP) is 4.37. The van der Waals surface area contributed by atoms with Gasteiger partial charge in [0.15, 0.2) is 0 Å². The summed E-state index contributed by atoms with van der Waals surface area (Å²) in [5.41, 5.74) is 8.42. The summed E-state index contributed by atoms with van der Waals surface area (Å²) in [4.78, 5) is 26.0. The molecule has 0 radical (unpaired) electrons. The first-order chi connectivity index (χ1) is 19.7. The van der Waals surface area contributed by atoms with E-state index in [9.17, 15) is 4.79 Å². The minimum absolute atomic E-state index is 0.190. The number of carbonyl (C=O) groups excluding carboxylic acids is 1. The van der Waals surface area contributed by atoms with E-state index in [0.717, 1.165) is 37.1 Å². The molecule has 0 unspecified atom stereocenters. The molecular formula is C30H43N7O3. The molecule has 0 saturated heterocycles. The molecule has 3 rings (SSSR count). The second kappa shape index (κ2) is 18.6. The van der Waals surface area contributed by atoms with Gasteiger partial charge in [0.05, 0.1) is 19.8 Å². The highest BCUT2D eigenvalue weighted by molar-refractivity contribution is 5.81. The smallest absolute Gasteiger partial charge is 0.233 e. The number of Topliss-reactive ketones (excluding diaryl/α,β-unsaturated/α-hetero) is 1. The number of hydrogen-bond acceptors (Lipinski definition) is 10. The van der Waals surface area contributed by atoms with Gasteiger partial charge in [0.1, 0.15) is 5.78 Å². The molecule has 0 amide bonds. The van der Waals surface area contributed by atoms with Gasteiger partial charge in [-0.1, -0.05) is 55.8 Å². The van der Waals surface area contributed by atoms with Crippen molar-refractivity contribution in [2.45, 2.75) is 45.4 Å². The van der Waals surface area contributed by atoms with E-state index in [1.54, 1.807) is 0 Å². The van der Waals surface area contributed by atoms with E-state index in [4.69, 9.17) is 15.2 Å². The summed E-state index contributed by atoms with van der Waals surface area (Å²) in [6, 6.07) is 18.1. The Balaban J connectivity index is 1.49. The number of rotatable bonds is 21. The lowest BCUT2D eigenvalue weighted by atomic mass is 10.1. The molecule has 216 valence electrons. The van der Waals surface area contributed by atoms with Crippen LogP contribution in [0.5, 0.6) is 0 Å². The SMILES string of the molecule is CCCCNc1nc(NCCc2ccccc2)nc(Nc2ccc(CC(=O)CCCOCCOCCN)cc2)n1. The zero-order chi connectivity index (χ0) is 28.3. The maximum Gasteiger partial charge on any atom is 0.233 e. The zero-order valence-electron chi connectivity index (χ0n) is 23.5. The van der Waals surface area contributed by atoms with Crippen molar-refractivity contribution in [1.29, 1.82) is 0 Å². The number of ether oxygens (including phenoxy) is 2. The summed E-state index contributed by atoms with van der Waals surface area (Å²) in [7, 11) is 0. The van der Waals surface area contributed by atoms with Crippen molar-refractivity contribution < 1.29 is 14.3 Å². The second-order valence-electron chi connectivity index (χ2n) is 9.40. The van der Waals surface area contributed by atoms with E-state index in [-0.39, 0.29) is 5.78 Å². The summed E-state index contributed by atoms with van der Waals surface area (Å²) in [5.74, 6) is 1.69. The van der Waals surface area contributed by atoms with E-state index in [1.165, 1.54) is 5.56 Å². The molecule has 0 spiro atoms. The fourth-order valence-corrected chi connectivity index (χ4v) is 3.86. The predicted molar refractivity (Wildman–Crippen MR) is 160 cm³/mol.